The molecule has 0 radical (unpaired) electrons. The standard InChI is InChI=1S/C113H215N3O25P2.Na/c1-8-15-22-29-36-43-47-51-58-64-71-78-85-103(122)135-96(82-75-68-61-54-42-35-28-21-14-7)91-105(124)139-111-107(116-100(119)90-95(81-74-67-60-53-41-34-27-20-13-6)134-102(121)84-77-70-63-56-49-45-38-31-24-17-10-3)112(136-97(92-117)109(111)140-143(129,130)132-88-87-114)131-93-98-108(125)110(138-104(123)86-79-72-65-57-50-46-39-32-25-18-11-4)106(113(137-98)141-142(126,127)128)115-99(118)89-94(80-73-66-59-52-40-33-26-19-12-5)133-101(120)83-76-69-62-55-48-44-37-30-23-16-9-2;/h94-98,106-113,117,125H,8-93,114H2,1-7H3,(H,115,118)(H,116,119)(H,129,130)(H2,126,127,128);/q;+1/p-1/t94?,95?,96?,97-,98-,106-,107-,108-,109-,110-,111-,112-,113-;/m1./s1. The molecule has 2 aliphatic heterocycles. The van der Waals surface area contributed by atoms with E-state index in [9.17, 15) is 58.3 Å². The summed E-state index contributed by atoms with van der Waals surface area (Å²) in [6.07, 6.45) is 54.0. The van der Waals surface area contributed by atoms with E-state index in [2.05, 4.69) is 58.8 Å². The summed E-state index contributed by atoms with van der Waals surface area (Å²) in [6, 6.07) is -3.90. The van der Waals surface area contributed by atoms with Crippen molar-refractivity contribution in [2.24, 2.45) is 10.7 Å². The Morgan fingerprint density at radius 2 is 0.646 bits per heavy atom. The Morgan fingerprint density at radius 3 is 0.958 bits per heavy atom. The number of amides is 1. The minimum atomic E-state index is -5.72. The average Bonchev–Trinajstić information content (AvgIpc) is 0.777. The third-order valence-electron chi connectivity index (χ3n) is 28.1. The number of aliphatic hydroxyl groups excluding tert-OH is 2. The van der Waals surface area contributed by atoms with Crippen LogP contribution in [-0.2, 0) is 89.4 Å². The summed E-state index contributed by atoms with van der Waals surface area (Å²) in [5, 5.41) is 42.3. The van der Waals surface area contributed by atoms with Crippen LogP contribution in [0.3, 0.4) is 0 Å². The molecule has 14 atom stereocenters. The van der Waals surface area contributed by atoms with Gasteiger partial charge < -0.3 is 78.9 Å². The van der Waals surface area contributed by atoms with Gasteiger partial charge in [-0.05, 0) is 70.1 Å². The summed E-state index contributed by atoms with van der Waals surface area (Å²) >= 11 is 0. The van der Waals surface area contributed by atoms with Gasteiger partial charge in [0.25, 0.3) is 0 Å². The van der Waals surface area contributed by atoms with Gasteiger partial charge in [0.15, 0.2) is 24.8 Å². The maximum Gasteiger partial charge on any atom is 1.00 e. The number of carbonyl (C=O) groups is 6. The van der Waals surface area contributed by atoms with Crippen LogP contribution in [0.5, 0.6) is 0 Å². The molecule has 0 spiro atoms. The Morgan fingerprint density at radius 1 is 0.361 bits per heavy atom. The predicted molar refractivity (Wildman–Crippen MR) is 570 cm³/mol. The minimum absolute atomic E-state index is 0. The molecule has 28 nitrogen and oxygen atoms in total. The summed E-state index contributed by atoms with van der Waals surface area (Å²) in [6.45, 7) is 12.5. The second kappa shape index (κ2) is 96.1. The fraction of sp³-hybridized carbons (Fsp3) is 0.938. The molecule has 0 aromatic heterocycles. The maximum absolute atomic E-state index is 15.5. The smallest absolute Gasteiger partial charge is 0.862 e. The molecule has 0 bridgehead atoms. The second-order valence-corrected chi connectivity index (χ2v) is 44.3. The van der Waals surface area contributed by atoms with Gasteiger partial charge in [0, 0.05) is 38.6 Å². The molecule has 2 aliphatic rings. The van der Waals surface area contributed by atoms with E-state index in [0.29, 0.717) is 51.4 Å². The van der Waals surface area contributed by atoms with Gasteiger partial charge in [-0.1, -0.05) is 466 Å². The van der Waals surface area contributed by atoms with Crippen LogP contribution in [0.4, 0.5) is 0 Å². The molecule has 0 aromatic carbocycles. The minimum Gasteiger partial charge on any atom is -0.862 e. The largest absolute Gasteiger partial charge is 1.00 e. The zero-order chi connectivity index (χ0) is 105. The first-order valence-electron chi connectivity index (χ1n) is 59.2. The monoisotopic (exact) mass is 2100 g/mol. The number of phosphoric ester groups is 2. The SMILES string of the molecule is CCCCCCCCCCCCCCC(=O)OC(CCCCCCCCCCC)CC(=O)O[C@@H]1[C@@H](NC(=O)CC(CCCCCCCCCCC)OC(=O)CCCCCCCCCCCCC)[C@H](OC[C@H]2O[C@H](OP(=O)(O)O)[C@H](N=C([O-])CC(CCCCCCCCCCC)OC(=O)CCCCCCCCCCCCC)[C@@H](OC(=O)CCCCCCCCCCCCC)[C@@H]2O)O[C@H](CO)[C@H]1OP(=O)(O)OCCN.[Na+]. The first-order chi connectivity index (χ1) is 69.4. The average molecular weight is 2100 g/mol. The summed E-state index contributed by atoms with van der Waals surface area (Å²) < 4.78 is 95.0. The number of rotatable bonds is 103. The zero-order valence-corrected chi connectivity index (χ0v) is 96.4. The van der Waals surface area contributed by atoms with E-state index in [4.69, 9.17) is 57.2 Å². The molecular weight excluding hydrogens is 1880 g/mol. The van der Waals surface area contributed by atoms with Crippen molar-refractivity contribution >= 4 is 57.3 Å². The first-order valence-corrected chi connectivity index (χ1v) is 62.3. The molecule has 842 valence electrons. The van der Waals surface area contributed by atoms with Crippen molar-refractivity contribution in [2.45, 2.75) is 655 Å². The quantitative estimate of drug-likeness (QED) is 0.00565. The molecule has 1 amide bonds. The molecular formula is C113H214N3NaO25P2. The van der Waals surface area contributed by atoms with Crippen LogP contribution < -0.4 is 45.7 Å². The van der Waals surface area contributed by atoms with Crippen molar-refractivity contribution in [3.63, 3.8) is 0 Å². The van der Waals surface area contributed by atoms with Gasteiger partial charge in [-0.25, -0.2) is 9.13 Å². The van der Waals surface area contributed by atoms with Crippen LogP contribution in [0.2, 0.25) is 0 Å². The first kappa shape index (κ1) is 139. The number of carbonyl (C=O) groups excluding carboxylic acids is 6. The van der Waals surface area contributed by atoms with Crippen molar-refractivity contribution < 1.29 is 149 Å². The van der Waals surface area contributed by atoms with Crippen LogP contribution in [0, 0.1) is 0 Å². The number of esters is 5. The fourth-order valence-corrected chi connectivity index (χ4v) is 20.9. The van der Waals surface area contributed by atoms with E-state index in [0.717, 1.165) is 276 Å². The number of aliphatic hydroxyl groups is 2. The molecule has 0 saturated carbocycles. The van der Waals surface area contributed by atoms with Crippen LogP contribution in [0.25, 0.3) is 0 Å². The number of nitrogens with zero attached hydrogens (tertiary/aromatic N) is 1. The van der Waals surface area contributed by atoms with Gasteiger partial charge in [-0.2, -0.15) is 0 Å². The molecule has 31 heteroatoms. The summed E-state index contributed by atoms with van der Waals surface area (Å²) in [7, 11) is -11.0. The molecule has 144 heavy (non-hydrogen) atoms. The molecule has 2 heterocycles. The Hall–Kier alpha value is -2.73. The van der Waals surface area contributed by atoms with Gasteiger partial charge >= 0.3 is 75.0 Å². The third kappa shape index (κ3) is 77.6. The van der Waals surface area contributed by atoms with Gasteiger partial charge in [0.2, 0.25) is 5.91 Å². The normalized spacial score (nSPS) is 19.3. The number of hydrogen-bond donors (Lipinski definition) is 7. The molecule has 0 aromatic rings. The van der Waals surface area contributed by atoms with Crippen molar-refractivity contribution in [1.29, 1.82) is 0 Å². The summed E-state index contributed by atoms with van der Waals surface area (Å²) in [4.78, 5) is 125. The maximum atomic E-state index is 15.5. The number of hydrogen-bond acceptors (Lipinski definition) is 24. The molecule has 2 rings (SSSR count). The Kier molecular flexibility index (Phi) is 92.9. The number of phosphoric acid groups is 2. The van der Waals surface area contributed by atoms with Gasteiger partial charge in [-0.3, -0.25) is 47.3 Å². The van der Waals surface area contributed by atoms with Gasteiger partial charge in [0.1, 0.15) is 54.8 Å². The van der Waals surface area contributed by atoms with E-state index in [-0.39, 0.29) is 81.0 Å². The van der Waals surface area contributed by atoms with E-state index in [1.165, 1.54) is 135 Å². The van der Waals surface area contributed by atoms with Crippen molar-refractivity contribution in [3.8, 4) is 0 Å². The summed E-state index contributed by atoms with van der Waals surface area (Å²) in [5.74, 6) is -5.22. The van der Waals surface area contributed by atoms with Crippen molar-refractivity contribution in [2.75, 3.05) is 26.4 Å². The number of ether oxygens (including phenoxy) is 8. The molecule has 2 saturated heterocycles. The Balaban J connectivity index is 0.000104. The molecule has 2 fully saturated rings. The molecule has 4 unspecified atom stereocenters. The predicted octanol–water partition coefficient (Wildman–Crippen LogP) is 24.7. The Bertz CT molecular complexity index is 3170. The van der Waals surface area contributed by atoms with E-state index < -0.39 is 176 Å². The third-order valence-corrected chi connectivity index (χ3v) is 29.6. The number of aliphatic imine (C=N–C) groups is 1. The van der Waals surface area contributed by atoms with Crippen LogP contribution in [-0.4, -0.2) is 173 Å². The van der Waals surface area contributed by atoms with Crippen LogP contribution >= 0.6 is 15.6 Å². The van der Waals surface area contributed by atoms with Crippen LogP contribution in [0.1, 0.15) is 575 Å². The van der Waals surface area contributed by atoms with E-state index in [1.54, 1.807) is 0 Å². The van der Waals surface area contributed by atoms with E-state index in [1.807, 2.05) is 0 Å². The number of nitrogens with two attached hydrogens (primary N) is 1. The molecule has 0 aliphatic carbocycles. The van der Waals surface area contributed by atoms with Crippen molar-refractivity contribution in [3.05, 3.63) is 0 Å². The second-order valence-electron chi connectivity index (χ2n) is 41.7. The topological polar surface area (TPSA) is 413 Å². The van der Waals surface area contributed by atoms with E-state index >= 15 is 9.59 Å². The number of unbranched alkanes of at least 4 members (excludes halogenated alkanes) is 65. The zero-order valence-electron chi connectivity index (χ0n) is 92.6. The fourth-order valence-electron chi connectivity index (χ4n) is 19.5. The van der Waals surface area contributed by atoms with Gasteiger partial charge in [-0.15, -0.1) is 0 Å². The van der Waals surface area contributed by atoms with Crippen LogP contribution in [0.15, 0.2) is 4.99 Å². The number of nitrogens with one attached hydrogen (secondary N) is 1. The molecule has 8 N–H and O–H groups in total. The Labute approximate surface area is 897 Å². The van der Waals surface area contributed by atoms with Crippen molar-refractivity contribution in [1.82, 2.24) is 5.32 Å². The summed E-state index contributed by atoms with van der Waals surface area (Å²) in [5.41, 5.74) is 5.81. The van der Waals surface area contributed by atoms with Gasteiger partial charge in [0.05, 0.1) is 32.7 Å².